The second-order valence-electron chi connectivity index (χ2n) is 6.12. The Morgan fingerprint density at radius 1 is 1.04 bits per heavy atom. The molecule has 0 aliphatic heterocycles. The van der Waals surface area contributed by atoms with Crippen LogP contribution in [0.2, 0.25) is 0 Å². The molecule has 0 radical (unpaired) electrons. The monoisotopic (exact) mass is 378 g/mol. The predicted octanol–water partition coefficient (Wildman–Crippen LogP) is 2.82. The molecule has 2 heterocycles. The maximum atomic E-state index is 12.8. The summed E-state index contributed by atoms with van der Waals surface area (Å²) in [6.45, 7) is 1.93. The molecule has 0 saturated carbocycles. The highest BCUT2D eigenvalue weighted by atomic mass is 16.5. The van der Waals surface area contributed by atoms with Crippen LogP contribution in [0, 0.1) is 6.92 Å². The fourth-order valence-corrected chi connectivity index (χ4v) is 3.09. The van der Waals surface area contributed by atoms with Gasteiger partial charge in [-0.3, -0.25) is 9.36 Å². The largest absolute Gasteiger partial charge is 0.493 e. The number of aromatic nitrogens is 4. The Morgan fingerprint density at radius 3 is 2.64 bits per heavy atom. The molecule has 0 amide bonds. The van der Waals surface area contributed by atoms with Crippen LogP contribution in [-0.2, 0) is 6.54 Å². The Labute approximate surface area is 160 Å². The van der Waals surface area contributed by atoms with E-state index in [0.717, 1.165) is 0 Å². The zero-order chi connectivity index (χ0) is 19.7. The summed E-state index contributed by atoms with van der Waals surface area (Å²) in [5, 5.41) is 4.56. The van der Waals surface area contributed by atoms with Crippen LogP contribution in [0.3, 0.4) is 0 Å². The van der Waals surface area contributed by atoms with Gasteiger partial charge in [0.15, 0.2) is 17.3 Å². The van der Waals surface area contributed by atoms with Gasteiger partial charge in [-0.2, -0.15) is 4.98 Å². The van der Waals surface area contributed by atoms with E-state index in [1.807, 2.05) is 24.3 Å². The Kier molecular flexibility index (Phi) is 4.52. The highest BCUT2D eigenvalue weighted by molar-refractivity contribution is 5.77. The summed E-state index contributed by atoms with van der Waals surface area (Å²) in [4.78, 5) is 21.7. The number of aryl methyl sites for hydroxylation is 1. The molecule has 0 bridgehead atoms. The highest BCUT2D eigenvalue weighted by Gasteiger charge is 2.18. The summed E-state index contributed by atoms with van der Waals surface area (Å²) in [7, 11) is 3.10. The van der Waals surface area contributed by atoms with Gasteiger partial charge in [-0.1, -0.05) is 23.4 Å². The third-order valence-corrected chi connectivity index (χ3v) is 4.45. The van der Waals surface area contributed by atoms with E-state index in [2.05, 4.69) is 15.1 Å². The van der Waals surface area contributed by atoms with Crippen LogP contribution >= 0.6 is 0 Å². The van der Waals surface area contributed by atoms with Gasteiger partial charge < -0.3 is 14.0 Å². The van der Waals surface area contributed by atoms with Crippen LogP contribution < -0.4 is 15.0 Å². The zero-order valence-electron chi connectivity index (χ0n) is 15.7. The summed E-state index contributed by atoms with van der Waals surface area (Å²) in [6, 6.07) is 12.6. The van der Waals surface area contributed by atoms with Crippen LogP contribution in [0.5, 0.6) is 11.5 Å². The van der Waals surface area contributed by atoms with Crippen molar-refractivity contribution >= 4 is 10.9 Å². The lowest BCUT2D eigenvalue weighted by Crippen LogP contribution is -2.24. The first kappa shape index (κ1) is 17.7. The molecule has 8 heteroatoms. The fraction of sp³-hybridized carbons (Fsp3) is 0.200. The minimum absolute atomic E-state index is 0.145. The summed E-state index contributed by atoms with van der Waals surface area (Å²) >= 11 is 0. The normalized spacial score (nSPS) is 11.0. The van der Waals surface area contributed by atoms with Crippen molar-refractivity contribution in [3.05, 3.63) is 64.5 Å². The number of ether oxygens (including phenoxy) is 2. The number of nitrogens with zero attached hydrogens (tertiary/aromatic N) is 4. The van der Waals surface area contributed by atoms with Crippen LogP contribution in [0.15, 0.2) is 51.8 Å². The van der Waals surface area contributed by atoms with Crippen LogP contribution in [0.4, 0.5) is 0 Å². The van der Waals surface area contributed by atoms with Crippen molar-refractivity contribution in [3.8, 4) is 23.0 Å². The third-order valence-electron chi connectivity index (χ3n) is 4.45. The van der Waals surface area contributed by atoms with Crippen molar-refractivity contribution in [2.45, 2.75) is 13.5 Å². The second-order valence-corrected chi connectivity index (χ2v) is 6.12. The van der Waals surface area contributed by atoms with Gasteiger partial charge in [0.25, 0.3) is 11.4 Å². The Morgan fingerprint density at radius 2 is 1.86 bits per heavy atom. The van der Waals surface area contributed by atoms with Crippen LogP contribution in [-0.4, -0.2) is 33.9 Å². The second kappa shape index (κ2) is 7.15. The van der Waals surface area contributed by atoms with E-state index >= 15 is 0 Å². The molecule has 0 atom stereocenters. The Hall–Kier alpha value is -3.68. The quantitative estimate of drug-likeness (QED) is 0.527. The smallest absolute Gasteiger partial charge is 0.261 e. The lowest BCUT2D eigenvalue weighted by Gasteiger charge is -2.09. The highest BCUT2D eigenvalue weighted by Crippen LogP contribution is 2.36. The molecule has 0 N–H and O–H groups in total. The topological polar surface area (TPSA) is 92.3 Å². The SMILES string of the molecule is COc1cccc(-c2nc(Cn3c(C)nc4ccccc4c3=O)no2)c1OC. The molecular formula is C20H18N4O4. The molecule has 142 valence electrons. The van der Waals surface area contributed by atoms with E-state index in [-0.39, 0.29) is 18.0 Å². The Balaban J connectivity index is 1.73. The minimum Gasteiger partial charge on any atom is -0.493 e. The van der Waals surface area contributed by atoms with E-state index in [4.69, 9.17) is 14.0 Å². The summed E-state index contributed by atoms with van der Waals surface area (Å²) in [5.74, 6) is 2.29. The molecule has 4 aromatic rings. The Bertz CT molecular complexity index is 1210. The van der Waals surface area contributed by atoms with Crippen molar-refractivity contribution in [1.29, 1.82) is 0 Å². The molecule has 0 unspecified atom stereocenters. The van der Waals surface area contributed by atoms with E-state index in [0.29, 0.717) is 39.6 Å². The summed E-state index contributed by atoms with van der Waals surface area (Å²) < 4.78 is 17.6. The number of hydrogen-bond acceptors (Lipinski definition) is 7. The number of benzene rings is 2. The molecule has 8 nitrogen and oxygen atoms in total. The van der Waals surface area contributed by atoms with Gasteiger partial charge in [0.05, 0.1) is 37.2 Å². The van der Waals surface area contributed by atoms with Gasteiger partial charge in [0, 0.05) is 0 Å². The molecule has 4 rings (SSSR count). The van der Waals surface area contributed by atoms with Gasteiger partial charge in [-0.15, -0.1) is 0 Å². The first-order valence-corrected chi connectivity index (χ1v) is 8.62. The lowest BCUT2D eigenvalue weighted by atomic mass is 10.2. The van der Waals surface area contributed by atoms with Crippen LogP contribution in [0.1, 0.15) is 11.6 Å². The molecule has 0 fully saturated rings. The minimum atomic E-state index is -0.145. The molecule has 2 aromatic carbocycles. The molecule has 28 heavy (non-hydrogen) atoms. The van der Waals surface area contributed by atoms with Crippen molar-refractivity contribution in [3.63, 3.8) is 0 Å². The van der Waals surface area contributed by atoms with Gasteiger partial charge in [-0.05, 0) is 31.2 Å². The number of rotatable bonds is 5. The first-order valence-electron chi connectivity index (χ1n) is 8.62. The average Bonchev–Trinajstić information content (AvgIpc) is 3.19. The molecule has 0 aliphatic rings. The summed E-state index contributed by atoms with van der Waals surface area (Å²) in [5.41, 5.74) is 1.13. The van der Waals surface area contributed by atoms with Gasteiger partial charge >= 0.3 is 0 Å². The standard InChI is InChI=1S/C20H18N4O4/c1-12-21-15-9-5-4-7-13(15)20(25)24(12)11-17-22-19(28-23-17)14-8-6-10-16(26-2)18(14)27-3/h4-10H,11H2,1-3H3. The third kappa shape index (κ3) is 2.98. The fourth-order valence-electron chi connectivity index (χ4n) is 3.09. The van der Waals surface area contributed by atoms with E-state index < -0.39 is 0 Å². The maximum Gasteiger partial charge on any atom is 0.261 e. The number of fused-ring (bicyclic) bond motifs is 1. The maximum absolute atomic E-state index is 12.8. The van der Waals surface area contributed by atoms with Gasteiger partial charge in [0.2, 0.25) is 0 Å². The van der Waals surface area contributed by atoms with Crippen molar-refractivity contribution < 1.29 is 14.0 Å². The number of methoxy groups -OCH3 is 2. The van der Waals surface area contributed by atoms with Crippen LogP contribution in [0.25, 0.3) is 22.4 Å². The van der Waals surface area contributed by atoms with E-state index in [1.165, 1.54) is 4.57 Å². The summed E-state index contributed by atoms with van der Waals surface area (Å²) in [6.07, 6.45) is 0. The van der Waals surface area contributed by atoms with E-state index in [9.17, 15) is 4.79 Å². The first-order chi connectivity index (χ1) is 13.6. The molecule has 2 aromatic heterocycles. The van der Waals surface area contributed by atoms with Crippen molar-refractivity contribution in [2.75, 3.05) is 14.2 Å². The van der Waals surface area contributed by atoms with Crippen molar-refractivity contribution in [2.24, 2.45) is 0 Å². The average molecular weight is 378 g/mol. The van der Waals surface area contributed by atoms with Gasteiger partial charge in [0.1, 0.15) is 5.82 Å². The predicted molar refractivity (Wildman–Crippen MR) is 103 cm³/mol. The zero-order valence-corrected chi connectivity index (χ0v) is 15.7. The molecular weight excluding hydrogens is 360 g/mol. The molecule has 0 saturated heterocycles. The number of para-hydroxylation sites is 2. The molecule has 0 spiro atoms. The molecule has 0 aliphatic carbocycles. The lowest BCUT2D eigenvalue weighted by molar-refractivity contribution is 0.353. The van der Waals surface area contributed by atoms with Crippen molar-refractivity contribution in [1.82, 2.24) is 19.7 Å². The van der Waals surface area contributed by atoms with E-state index in [1.54, 1.807) is 39.3 Å². The van der Waals surface area contributed by atoms with Gasteiger partial charge in [-0.25, -0.2) is 4.98 Å². The number of hydrogen-bond donors (Lipinski definition) is 0.